The lowest BCUT2D eigenvalue weighted by Gasteiger charge is -2.32. The van der Waals surface area contributed by atoms with Gasteiger partial charge in [0.25, 0.3) is 5.91 Å². The number of carbonyl (C=O) groups is 3. The summed E-state index contributed by atoms with van der Waals surface area (Å²) in [4.78, 5) is 41.3. The second kappa shape index (κ2) is 11.0. The number of hydrogen-bond acceptors (Lipinski definition) is 6. The molecule has 0 unspecified atom stereocenters. The zero-order chi connectivity index (χ0) is 26.6. The highest BCUT2D eigenvalue weighted by molar-refractivity contribution is 6.02. The average Bonchev–Trinajstić information content (AvgIpc) is 3.53. The summed E-state index contributed by atoms with van der Waals surface area (Å²) in [6.45, 7) is 3.15. The van der Waals surface area contributed by atoms with Gasteiger partial charge in [0.05, 0.1) is 5.52 Å². The van der Waals surface area contributed by atoms with E-state index in [0.29, 0.717) is 33.8 Å². The standard InChI is InChI=1S/C29H31N5O4/c1-19-12-17-26(38-19)28(29(37)30-22-8-4-3-5-9-22)34(23-15-13-21(14-16-23)20(2)35)27(36)18-33-25-11-7-6-10-24(25)31-32-33/h6-7,10-17,22,28H,3-5,8-9,18H2,1-2H3,(H,30,37)/t28-/m1/s1. The molecule has 0 radical (unpaired) electrons. The number of hydrogen-bond donors (Lipinski definition) is 1. The van der Waals surface area contributed by atoms with Gasteiger partial charge in [0, 0.05) is 17.3 Å². The van der Waals surface area contributed by atoms with Crippen molar-refractivity contribution in [3.05, 3.63) is 77.7 Å². The molecule has 0 saturated heterocycles. The van der Waals surface area contributed by atoms with E-state index in [0.717, 1.165) is 32.1 Å². The molecule has 1 atom stereocenters. The summed E-state index contributed by atoms with van der Waals surface area (Å²) in [6, 6.07) is 16.6. The van der Waals surface area contributed by atoms with Gasteiger partial charge in [-0.1, -0.05) is 36.6 Å². The molecular formula is C29H31N5O4. The number of anilines is 1. The summed E-state index contributed by atoms with van der Waals surface area (Å²) in [5.74, 6) is 0.241. The molecule has 1 fully saturated rings. The Morgan fingerprint density at radius 3 is 2.45 bits per heavy atom. The van der Waals surface area contributed by atoms with Crippen LogP contribution in [0.1, 0.15) is 66.9 Å². The average molecular weight is 514 g/mol. The lowest BCUT2D eigenvalue weighted by Crippen LogP contribution is -2.48. The van der Waals surface area contributed by atoms with E-state index >= 15 is 0 Å². The summed E-state index contributed by atoms with van der Waals surface area (Å²) in [5.41, 5.74) is 2.37. The smallest absolute Gasteiger partial charge is 0.251 e. The molecule has 9 nitrogen and oxygen atoms in total. The zero-order valence-electron chi connectivity index (χ0n) is 21.6. The fourth-order valence-corrected chi connectivity index (χ4v) is 5.03. The van der Waals surface area contributed by atoms with Crippen LogP contribution in [-0.2, 0) is 16.1 Å². The summed E-state index contributed by atoms with van der Waals surface area (Å²) in [7, 11) is 0. The molecular weight excluding hydrogens is 482 g/mol. The number of rotatable bonds is 8. The first kappa shape index (κ1) is 25.4. The highest BCUT2D eigenvalue weighted by Gasteiger charge is 2.36. The number of aromatic nitrogens is 3. The Bertz CT molecular complexity index is 1450. The van der Waals surface area contributed by atoms with E-state index in [-0.39, 0.29) is 30.2 Å². The van der Waals surface area contributed by atoms with Crippen LogP contribution in [-0.4, -0.2) is 38.6 Å². The van der Waals surface area contributed by atoms with Crippen molar-refractivity contribution in [2.75, 3.05) is 4.90 Å². The number of carbonyl (C=O) groups excluding carboxylic acids is 3. The Balaban J connectivity index is 1.55. The van der Waals surface area contributed by atoms with Crippen LogP contribution >= 0.6 is 0 Å². The largest absolute Gasteiger partial charge is 0.464 e. The minimum atomic E-state index is -1.05. The molecule has 38 heavy (non-hydrogen) atoms. The van der Waals surface area contributed by atoms with Crippen LogP contribution in [0.15, 0.2) is 65.1 Å². The molecule has 5 rings (SSSR count). The number of amides is 2. The number of benzene rings is 2. The van der Waals surface area contributed by atoms with E-state index in [1.165, 1.54) is 16.5 Å². The molecule has 1 aliphatic carbocycles. The number of fused-ring (bicyclic) bond motifs is 1. The van der Waals surface area contributed by atoms with Gasteiger partial charge in [0.2, 0.25) is 5.91 Å². The minimum absolute atomic E-state index is 0.0473. The van der Waals surface area contributed by atoms with Crippen molar-refractivity contribution in [2.24, 2.45) is 0 Å². The van der Waals surface area contributed by atoms with Crippen molar-refractivity contribution < 1.29 is 18.8 Å². The molecule has 0 bridgehead atoms. The van der Waals surface area contributed by atoms with Gasteiger partial charge >= 0.3 is 0 Å². The van der Waals surface area contributed by atoms with Crippen LogP contribution in [0.3, 0.4) is 0 Å². The first-order chi connectivity index (χ1) is 18.4. The maximum Gasteiger partial charge on any atom is 0.251 e. The number of nitrogens with one attached hydrogen (secondary N) is 1. The Morgan fingerprint density at radius 2 is 1.76 bits per heavy atom. The van der Waals surface area contributed by atoms with Gasteiger partial charge < -0.3 is 9.73 Å². The molecule has 2 aromatic carbocycles. The quantitative estimate of drug-likeness (QED) is 0.340. The topological polar surface area (TPSA) is 110 Å². The van der Waals surface area contributed by atoms with E-state index < -0.39 is 6.04 Å². The van der Waals surface area contributed by atoms with Crippen LogP contribution < -0.4 is 10.2 Å². The van der Waals surface area contributed by atoms with Gasteiger partial charge in [0.1, 0.15) is 23.6 Å². The van der Waals surface area contributed by atoms with Crippen LogP contribution in [0, 0.1) is 6.92 Å². The Morgan fingerprint density at radius 1 is 1.03 bits per heavy atom. The number of Topliss-reactive ketones (excluding diaryl/α,β-unsaturated/α-hetero) is 1. The summed E-state index contributed by atoms with van der Waals surface area (Å²) >= 11 is 0. The number of nitrogens with zero attached hydrogens (tertiary/aromatic N) is 4. The highest BCUT2D eigenvalue weighted by atomic mass is 16.3. The van der Waals surface area contributed by atoms with Gasteiger partial charge in [-0.15, -0.1) is 5.10 Å². The zero-order valence-corrected chi connectivity index (χ0v) is 21.6. The van der Waals surface area contributed by atoms with Crippen LogP contribution in [0.25, 0.3) is 11.0 Å². The SMILES string of the molecule is CC(=O)c1ccc(N(C(=O)Cn2nnc3ccccc32)[C@@H](C(=O)NC2CCCCC2)c2ccc(C)o2)cc1. The third-order valence-corrected chi connectivity index (χ3v) is 7.01. The normalized spacial score (nSPS) is 14.8. The summed E-state index contributed by atoms with van der Waals surface area (Å²) < 4.78 is 7.46. The maximum absolute atomic E-state index is 14.0. The van der Waals surface area contributed by atoms with Gasteiger partial charge in [-0.3, -0.25) is 19.3 Å². The van der Waals surface area contributed by atoms with Crippen LogP contribution in [0.5, 0.6) is 0 Å². The molecule has 196 valence electrons. The molecule has 1 aliphatic rings. The summed E-state index contributed by atoms with van der Waals surface area (Å²) in [6.07, 6.45) is 5.09. The number of furan rings is 1. The van der Waals surface area contributed by atoms with Gasteiger partial charge in [-0.2, -0.15) is 0 Å². The van der Waals surface area contributed by atoms with Crippen LogP contribution in [0.2, 0.25) is 0 Å². The molecule has 2 amide bonds. The fourth-order valence-electron chi connectivity index (χ4n) is 5.03. The van der Waals surface area contributed by atoms with E-state index in [2.05, 4.69) is 15.6 Å². The predicted molar refractivity (Wildman–Crippen MR) is 143 cm³/mol. The minimum Gasteiger partial charge on any atom is -0.464 e. The number of para-hydroxylation sites is 1. The monoisotopic (exact) mass is 513 g/mol. The van der Waals surface area contributed by atoms with Crippen molar-refractivity contribution in [3.8, 4) is 0 Å². The van der Waals surface area contributed by atoms with Crippen molar-refractivity contribution in [2.45, 2.75) is 64.6 Å². The predicted octanol–water partition coefficient (Wildman–Crippen LogP) is 4.76. The van der Waals surface area contributed by atoms with Crippen LogP contribution in [0.4, 0.5) is 5.69 Å². The van der Waals surface area contributed by atoms with E-state index in [1.54, 1.807) is 43.3 Å². The molecule has 0 aliphatic heterocycles. The lowest BCUT2D eigenvalue weighted by atomic mass is 9.95. The summed E-state index contributed by atoms with van der Waals surface area (Å²) in [5, 5.41) is 11.5. The first-order valence-corrected chi connectivity index (χ1v) is 13.0. The van der Waals surface area contributed by atoms with Gasteiger partial charge in [0.15, 0.2) is 11.8 Å². The van der Waals surface area contributed by atoms with E-state index in [4.69, 9.17) is 4.42 Å². The second-order valence-electron chi connectivity index (χ2n) is 9.80. The molecule has 1 N–H and O–H groups in total. The number of aryl methyl sites for hydroxylation is 1. The maximum atomic E-state index is 14.0. The lowest BCUT2D eigenvalue weighted by molar-refractivity contribution is -0.128. The van der Waals surface area contributed by atoms with Gasteiger partial charge in [-0.05, 0) is 75.2 Å². The Kier molecular flexibility index (Phi) is 7.35. The fraction of sp³-hybridized carbons (Fsp3) is 0.345. The molecule has 4 aromatic rings. The van der Waals surface area contributed by atoms with Crippen molar-refractivity contribution in [3.63, 3.8) is 0 Å². The Hall–Kier alpha value is -4.27. The molecule has 1 saturated carbocycles. The van der Waals surface area contributed by atoms with Crippen molar-refractivity contribution in [1.29, 1.82) is 0 Å². The Labute approximate surface area is 220 Å². The molecule has 0 spiro atoms. The third kappa shape index (κ3) is 5.37. The number of ketones is 1. The molecule has 2 aromatic heterocycles. The van der Waals surface area contributed by atoms with Crippen molar-refractivity contribution in [1.82, 2.24) is 20.3 Å². The van der Waals surface area contributed by atoms with Gasteiger partial charge in [-0.25, -0.2) is 4.68 Å². The molecule has 2 heterocycles. The van der Waals surface area contributed by atoms with E-state index in [9.17, 15) is 14.4 Å². The van der Waals surface area contributed by atoms with Crippen molar-refractivity contribution >= 4 is 34.3 Å². The highest BCUT2D eigenvalue weighted by Crippen LogP contribution is 2.31. The second-order valence-corrected chi connectivity index (χ2v) is 9.80. The van der Waals surface area contributed by atoms with E-state index in [1.807, 2.05) is 24.3 Å². The first-order valence-electron chi connectivity index (χ1n) is 13.0. The third-order valence-electron chi connectivity index (χ3n) is 7.01. The molecule has 9 heteroatoms.